The van der Waals surface area contributed by atoms with Crippen molar-refractivity contribution in [3.05, 3.63) is 48.5 Å². The molecule has 2 nitrogen and oxygen atoms in total. The topological polar surface area (TPSA) is 8.17 Å². The van der Waals surface area contributed by atoms with Gasteiger partial charge >= 0.3 is 0 Å². The van der Waals surface area contributed by atoms with E-state index in [9.17, 15) is 0 Å². The highest BCUT2D eigenvalue weighted by atomic mass is 15.1. The first kappa shape index (κ1) is 12.2. The predicted octanol–water partition coefficient (Wildman–Crippen LogP) is 3.55. The zero-order valence-corrected chi connectivity index (χ0v) is 11.6. The maximum atomic E-state index is 3.20. The molecule has 0 spiro atoms. The molecular formula is C17H19N2. The first-order chi connectivity index (χ1) is 9.27. The lowest BCUT2D eigenvalue weighted by Crippen LogP contribution is -2.15. The van der Waals surface area contributed by atoms with E-state index in [1.54, 1.807) is 0 Å². The molecule has 0 bridgehead atoms. The molecule has 2 heteroatoms. The van der Waals surface area contributed by atoms with Crippen LogP contribution >= 0.6 is 0 Å². The van der Waals surface area contributed by atoms with Crippen LogP contribution in [0.2, 0.25) is 0 Å². The summed E-state index contributed by atoms with van der Waals surface area (Å²) in [6, 6.07) is 18.1. The Bertz CT molecular complexity index is 641. The Morgan fingerprint density at radius 2 is 1.84 bits per heavy atom. The first-order valence-corrected chi connectivity index (χ1v) is 6.79. The number of benzene rings is 2. The molecule has 0 aliphatic rings. The summed E-state index contributed by atoms with van der Waals surface area (Å²) in [5.41, 5.74) is 2.62. The van der Waals surface area contributed by atoms with Gasteiger partial charge in [0.1, 0.15) is 0 Å². The third-order valence-electron chi connectivity index (χ3n) is 3.61. The van der Waals surface area contributed by atoms with Gasteiger partial charge < -0.3 is 9.47 Å². The molecule has 97 valence electrons. The van der Waals surface area contributed by atoms with Crippen LogP contribution in [-0.2, 0) is 6.54 Å². The number of aromatic nitrogens is 1. The highest BCUT2D eigenvalue weighted by molar-refractivity contribution is 6.07. The molecule has 1 heterocycles. The van der Waals surface area contributed by atoms with Crippen molar-refractivity contribution >= 4 is 21.8 Å². The molecule has 1 radical (unpaired) electrons. The molecule has 19 heavy (non-hydrogen) atoms. The van der Waals surface area contributed by atoms with Gasteiger partial charge in [-0.15, -0.1) is 0 Å². The van der Waals surface area contributed by atoms with Crippen molar-refractivity contribution in [3.8, 4) is 0 Å². The number of fused-ring (bicyclic) bond motifs is 3. The van der Waals surface area contributed by atoms with Crippen LogP contribution < -0.4 is 0 Å². The summed E-state index contributed by atoms with van der Waals surface area (Å²) in [6.45, 7) is 2.17. The van der Waals surface area contributed by atoms with E-state index in [1.165, 1.54) is 21.8 Å². The molecule has 0 saturated heterocycles. The Morgan fingerprint density at radius 3 is 2.68 bits per heavy atom. The number of hydrogen-bond acceptors (Lipinski definition) is 1. The summed E-state index contributed by atoms with van der Waals surface area (Å²) < 4.78 is 2.42. The second-order valence-electron chi connectivity index (χ2n) is 5.27. The van der Waals surface area contributed by atoms with Crippen LogP contribution in [0.3, 0.4) is 0 Å². The minimum absolute atomic E-state index is 1.06. The third-order valence-corrected chi connectivity index (χ3v) is 3.61. The summed E-state index contributed by atoms with van der Waals surface area (Å²) >= 11 is 0. The molecule has 2 aromatic carbocycles. The summed E-state index contributed by atoms with van der Waals surface area (Å²) in [4.78, 5) is 2.24. The summed E-state index contributed by atoms with van der Waals surface area (Å²) in [7, 11) is 4.25. The Labute approximate surface area is 114 Å². The fraction of sp³-hybridized carbons (Fsp3) is 0.294. The lowest BCUT2D eigenvalue weighted by Gasteiger charge is -2.11. The standard InChI is InChI=1S/C17H19N2/c1-18(2)12-7-13-19-16-10-5-3-8-14(16)15-9-4-6-11-17(15)19/h3-5,8-11H,7,12-13H2,1-2H3. The van der Waals surface area contributed by atoms with Crippen LogP contribution in [0.4, 0.5) is 0 Å². The van der Waals surface area contributed by atoms with Gasteiger partial charge in [-0.3, -0.25) is 0 Å². The van der Waals surface area contributed by atoms with Gasteiger partial charge in [-0.1, -0.05) is 30.3 Å². The Balaban J connectivity index is 2.09. The minimum atomic E-state index is 1.06. The summed E-state index contributed by atoms with van der Waals surface area (Å²) in [5.74, 6) is 0. The minimum Gasteiger partial charge on any atom is -0.340 e. The van der Waals surface area contributed by atoms with E-state index in [1.807, 2.05) is 6.07 Å². The van der Waals surface area contributed by atoms with Gasteiger partial charge in [0, 0.05) is 28.4 Å². The average molecular weight is 251 g/mol. The Hall–Kier alpha value is -1.80. The molecule has 0 unspecified atom stereocenters. The fourth-order valence-electron chi connectivity index (χ4n) is 2.73. The van der Waals surface area contributed by atoms with E-state index in [4.69, 9.17) is 0 Å². The van der Waals surface area contributed by atoms with Gasteiger partial charge in [0.25, 0.3) is 0 Å². The molecule has 0 atom stereocenters. The normalized spacial score (nSPS) is 11.7. The Kier molecular flexibility index (Phi) is 3.26. The fourth-order valence-corrected chi connectivity index (χ4v) is 2.73. The number of para-hydroxylation sites is 1. The molecule has 3 aromatic rings. The molecule has 1 aromatic heterocycles. The zero-order chi connectivity index (χ0) is 13.2. The maximum absolute atomic E-state index is 3.20. The second-order valence-corrected chi connectivity index (χ2v) is 5.27. The molecule has 0 fully saturated rings. The molecule has 0 aliphatic carbocycles. The highest BCUT2D eigenvalue weighted by Crippen LogP contribution is 2.28. The van der Waals surface area contributed by atoms with Gasteiger partial charge in [0.05, 0.1) is 0 Å². The van der Waals surface area contributed by atoms with E-state index < -0.39 is 0 Å². The Morgan fingerprint density at radius 1 is 1.05 bits per heavy atom. The van der Waals surface area contributed by atoms with Crippen molar-refractivity contribution in [2.24, 2.45) is 0 Å². The van der Waals surface area contributed by atoms with E-state index in [0.717, 1.165) is 19.5 Å². The smallest absolute Gasteiger partial charge is 0.0497 e. The van der Waals surface area contributed by atoms with Crippen LogP contribution in [0.5, 0.6) is 0 Å². The van der Waals surface area contributed by atoms with Crippen molar-refractivity contribution in [1.29, 1.82) is 0 Å². The molecule has 0 N–H and O–H groups in total. The van der Waals surface area contributed by atoms with Crippen LogP contribution in [0, 0.1) is 6.07 Å². The van der Waals surface area contributed by atoms with Gasteiger partial charge in [-0.05, 0) is 45.3 Å². The van der Waals surface area contributed by atoms with Crippen molar-refractivity contribution in [1.82, 2.24) is 9.47 Å². The third kappa shape index (κ3) is 2.24. The SMILES string of the molecule is CN(C)CCCn1c2c[c]ccc2c2ccccc21. The predicted molar refractivity (Wildman–Crippen MR) is 81.5 cm³/mol. The zero-order valence-electron chi connectivity index (χ0n) is 11.6. The van der Waals surface area contributed by atoms with E-state index in [2.05, 4.69) is 66.0 Å². The average Bonchev–Trinajstić information content (AvgIpc) is 2.74. The van der Waals surface area contributed by atoms with Crippen LogP contribution in [0.25, 0.3) is 21.8 Å². The van der Waals surface area contributed by atoms with Crippen molar-refractivity contribution in [2.75, 3.05) is 20.6 Å². The first-order valence-electron chi connectivity index (χ1n) is 6.79. The van der Waals surface area contributed by atoms with Crippen molar-refractivity contribution < 1.29 is 0 Å². The summed E-state index contributed by atoms with van der Waals surface area (Å²) in [5, 5.41) is 2.68. The molecule has 0 saturated carbocycles. The number of hydrogen-bond donors (Lipinski definition) is 0. The number of rotatable bonds is 4. The summed E-state index contributed by atoms with van der Waals surface area (Å²) in [6.07, 6.45) is 1.16. The second kappa shape index (κ2) is 5.06. The molecule has 3 rings (SSSR count). The molecular weight excluding hydrogens is 232 g/mol. The number of aryl methyl sites for hydroxylation is 1. The van der Waals surface area contributed by atoms with Crippen LogP contribution in [0.15, 0.2) is 42.5 Å². The lowest BCUT2D eigenvalue weighted by molar-refractivity contribution is 0.389. The van der Waals surface area contributed by atoms with Crippen LogP contribution in [-0.4, -0.2) is 30.1 Å². The maximum Gasteiger partial charge on any atom is 0.0497 e. The van der Waals surface area contributed by atoms with Crippen molar-refractivity contribution in [2.45, 2.75) is 13.0 Å². The van der Waals surface area contributed by atoms with E-state index in [-0.39, 0.29) is 0 Å². The lowest BCUT2D eigenvalue weighted by atomic mass is 10.2. The van der Waals surface area contributed by atoms with E-state index >= 15 is 0 Å². The van der Waals surface area contributed by atoms with Gasteiger partial charge in [0.15, 0.2) is 0 Å². The van der Waals surface area contributed by atoms with E-state index in [0.29, 0.717) is 0 Å². The molecule has 0 aliphatic heterocycles. The van der Waals surface area contributed by atoms with Crippen LogP contribution in [0.1, 0.15) is 6.42 Å². The van der Waals surface area contributed by atoms with Crippen molar-refractivity contribution in [3.63, 3.8) is 0 Å². The largest absolute Gasteiger partial charge is 0.340 e. The molecule has 0 amide bonds. The number of nitrogens with zero attached hydrogens (tertiary/aromatic N) is 2. The monoisotopic (exact) mass is 251 g/mol. The van der Waals surface area contributed by atoms with Gasteiger partial charge in [-0.25, -0.2) is 0 Å². The van der Waals surface area contributed by atoms with Gasteiger partial charge in [-0.2, -0.15) is 0 Å². The highest BCUT2D eigenvalue weighted by Gasteiger charge is 2.08. The van der Waals surface area contributed by atoms with Gasteiger partial charge in [0.2, 0.25) is 0 Å². The quantitative estimate of drug-likeness (QED) is 0.688.